The number of carbonyl (C=O) groups is 3. The fourth-order valence-corrected chi connectivity index (χ4v) is 4.14. The number of hydrogen-bond donors (Lipinski definition) is 2. The molecule has 1 aromatic carbocycles. The zero-order valence-corrected chi connectivity index (χ0v) is 16.5. The van der Waals surface area contributed by atoms with Gasteiger partial charge in [0.15, 0.2) is 0 Å². The van der Waals surface area contributed by atoms with Crippen molar-refractivity contribution in [2.45, 2.75) is 39.2 Å². The van der Waals surface area contributed by atoms with Crippen LogP contribution in [-0.4, -0.2) is 53.7 Å². The third kappa shape index (κ3) is 5.32. The fourth-order valence-electron chi connectivity index (χ4n) is 4.14. The minimum Gasteiger partial charge on any atom is -0.369 e. The normalized spacial score (nSPS) is 21.3. The van der Waals surface area contributed by atoms with E-state index in [4.69, 9.17) is 5.73 Å². The molecule has 28 heavy (non-hydrogen) atoms. The number of primary amides is 1. The van der Waals surface area contributed by atoms with Crippen molar-refractivity contribution in [3.63, 3.8) is 0 Å². The van der Waals surface area contributed by atoms with E-state index in [1.807, 2.05) is 24.3 Å². The van der Waals surface area contributed by atoms with Gasteiger partial charge in [0.2, 0.25) is 17.7 Å². The summed E-state index contributed by atoms with van der Waals surface area (Å²) in [4.78, 5) is 39.5. The number of piperidine rings is 2. The van der Waals surface area contributed by atoms with E-state index in [9.17, 15) is 14.4 Å². The Kier molecular flexibility index (Phi) is 6.67. The minimum absolute atomic E-state index is 0.0205. The number of nitrogens with two attached hydrogens (primary N) is 1. The molecule has 2 saturated heterocycles. The molecule has 0 aliphatic carbocycles. The summed E-state index contributed by atoms with van der Waals surface area (Å²) in [5.74, 6) is -0.258. The van der Waals surface area contributed by atoms with Crippen molar-refractivity contribution < 1.29 is 14.4 Å². The molecule has 0 radical (unpaired) electrons. The molecule has 0 bridgehead atoms. The lowest BCUT2D eigenvalue weighted by atomic mass is 9.95. The first-order valence-corrected chi connectivity index (χ1v) is 10.1. The van der Waals surface area contributed by atoms with E-state index in [0.717, 1.165) is 37.2 Å². The van der Waals surface area contributed by atoms with Gasteiger partial charge in [-0.3, -0.25) is 19.3 Å². The van der Waals surface area contributed by atoms with E-state index in [1.54, 1.807) is 11.8 Å². The Morgan fingerprint density at radius 1 is 1.11 bits per heavy atom. The number of amides is 3. The van der Waals surface area contributed by atoms with Crippen LogP contribution in [0.15, 0.2) is 24.3 Å². The average molecular weight is 386 g/mol. The van der Waals surface area contributed by atoms with Gasteiger partial charge in [0.05, 0.1) is 5.92 Å². The summed E-state index contributed by atoms with van der Waals surface area (Å²) in [5, 5.41) is 3.03. The maximum absolute atomic E-state index is 12.6. The Hall–Kier alpha value is -2.41. The first-order chi connectivity index (χ1) is 13.4. The molecule has 0 spiro atoms. The first-order valence-electron chi connectivity index (χ1n) is 10.1. The van der Waals surface area contributed by atoms with Crippen LogP contribution in [0.1, 0.15) is 38.2 Å². The van der Waals surface area contributed by atoms with Crippen LogP contribution in [0.25, 0.3) is 0 Å². The topological polar surface area (TPSA) is 95.7 Å². The highest BCUT2D eigenvalue weighted by molar-refractivity contribution is 5.92. The fraction of sp³-hybridized carbons (Fsp3) is 0.571. The van der Waals surface area contributed by atoms with Crippen molar-refractivity contribution in [1.82, 2.24) is 9.80 Å². The number of likely N-dealkylation sites (tertiary alicyclic amines) is 2. The van der Waals surface area contributed by atoms with E-state index in [2.05, 4.69) is 10.2 Å². The van der Waals surface area contributed by atoms with Crippen LogP contribution in [-0.2, 0) is 20.9 Å². The smallest absolute Gasteiger partial charge is 0.227 e. The number of benzene rings is 1. The van der Waals surface area contributed by atoms with Gasteiger partial charge in [-0.1, -0.05) is 12.1 Å². The summed E-state index contributed by atoms with van der Waals surface area (Å²) in [5.41, 5.74) is 7.36. The molecule has 0 saturated carbocycles. The van der Waals surface area contributed by atoms with Gasteiger partial charge >= 0.3 is 0 Å². The Bertz CT molecular complexity index is 728. The minimum atomic E-state index is -0.221. The Morgan fingerprint density at radius 3 is 2.54 bits per heavy atom. The van der Waals surface area contributed by atoms with Gasteiger partial charge in [0, 0.05) is 44.7 Å². The molecule has 7 nitrogen and oxygen atoms in total. The molecular weight excluding hydrogens is 356 g/mol. The SMILES string of the molecule is CC(=O)N1CCC(C(=O)Nc2cccc(CN3CCCC(C(N)=O)C3)c2)CC1. The van der Waals surface area contributed by atoms with Crippen molar-refractivity contribution in [1.29, 1.82) is 0 Å². The molecule has 2 aliphatic rings. The second kappa shape index (κ2) is 9.19. The number of rotatable bonds is 5. The van der Waals surface area contributed by atoms with Crippen LogP contribution >= 0.6 is 0 Å². The van der Waals surface area contributed by atoms with Crippen molar-refractivity contribution in [2.75, 3.05) is 31.5 Å². The molecule has 2 fully saturated rings. The Morgan fingerprint density at radius 2 is 1.86 bits per heavy atom. The molecule has 2 heterocycles. The average Bonchev–Trinajstić information content (AvgIpc) is 2.68. The molecule has 3 N–H and O–H groups in total. The van der Waals surface area contributed by atoms with Gasteiger partial charge in [-0.25, -0.2) is 0 Å². The van der Waals surface area contributed by atoms with Crippen LogP contribution in [0.2, 0.25) is 0 Å². The van der Waals surface area contributed by atoms with Gasteiger partial charge in [-0.05, 0) is 49.9 Å². The third-order valence-electron chi connectivity index (χ3n) is 5.82. The van der Waals surface area contributed by atoms with Crippen LogP contribution in [0, 0.1) is 11.8 Å². The van der Waals surface area contributed by atoms with Crippen molar-refractivity contribution in [3.8, 4) is 0 Å². The van der Waals surface area contributed by atoms with E-state index < -0.39 is 0 Å². The Labute approximate surface area is 166 Å². The van der Waals surface area contributed by atoms with Crippen LogP contribution < -0.4 is 11.1 Å². The monoisotopic (exact) mass is 386 g/mol. The summed E-state index contributed by atoms with van der Waals surface area (Å²) in [6.07, 6.45) is 3.24. The maximum atomic E-state index is 12.6. The number of nitrogens with zero attached hydrogens (tertiary/aromatic N) is 2. The van der Waals surface area contributed by atoms with Crippen molar-refractivity contribution in [3.05, 3.63) is 29.8 Å². The summed E-state index contributed by atoms with van der Waals surface area (Å²) in [7, 11) is 0. The molecule has 2 aliphatic heterocycles. The highest BCUT2D eigenvalue weighted by Gasteiger charge is 2.26. The number of anilines is 1. The highest BCUT2D eigenvalue weighted by atomic mass is 16.2. The zero-order valence-electron chi connectivity index (χ0n) is 16.5. The molecule has 3 rings (SSSR count). The number of hydrogen-bond acceptors (Lipinski definition) is 4. The molecule has 1 atom stereocenters. The molecule has 1 unspecified atom stereocenters. The van der Waals surface area contributed by atoms with Crippen LogP contribution in [0.4, 0.5) is 5.69 Å². The van der Waals surface area contributed by atoms with E-state index in [0.29, 0.717) is 32.5 Å². The summed E-state index contributed by atoms with van der Waals surface area (Å²) in [6, 6.07) is 7.87. The Balaban J connectivity index is 1.54. The summed E-state index contributed by atoms with van der Waals surface area (Å²) < 4.78 is 0. The predicted molar refractivity (Wildman–Crippen MR) is 107 cm³/mol. The lowest BCUT2D eigenvalue weighted by molar-refractivity contribution is -0.132. The van der Waals surface area contributed by atoms with Crippen LogP contribution in [0.5, 0.6) is 0 Å². The van der Waals surface area contributed by atoms with Gasteiger partial charge < -0.3 is 16.0 Å². The van der Waals surface area contributed by atoms with E-state index in [1.165, 1.54) is 0 Å². The second-order valence-electron chi connectivity index (χ2n) is 7.95. The summed E-state index contributed by atoms with van der Waals surface area (Å²) >= 11 is 0. The second-order valence-corrected chi connectivity index (χ2v) is 7.95. The van der Waals surface area contributed by atoms with Gasteiger partial charge in [-0.15, -0.1) is 0 Å². The largest absolute Gasteiger partial charge is 0.369 e. The molecule has 3 amide bonds. The zero-order chi connectivity index (χ0) is 20.1. The van der Waals surface area contributed by atoms with Crippen molar-refractivity contribution >= 4 is 23.4 Å². The molecule has 7 heteroatoms. The predicted octanol–water partition coefficient (Wildman–Crippen LogP) is 1.58. The molecule has 152 valence electrons. The number of nitrogens with one attached hydrogen (secondary N) is 1. The standard InChI is InChI=1S/C21H30N4O3/c1-15(26)25-10-7-17(8-11-25)21(28)23-19-6-2-4-16(12-19)13-24-9-3-5-18(14-24)20(22)27/h2,4,6,12,17-18H,3,5,7-11,13-14H2,1H3,(H2,22,27)(H,23,28). The lowest BCUT2D eigenvalue weighted by Gasteiger charge is -2.31. The third-order valence-corrected chi connectivity index (χ3v) is 5.82. The maximum Gasteiger partial charge on any atom is 0.227 e. The lowest BCUT2D eigenvalue weighted by Crippen LogP contribution is -2.40. The molecule has 0 aromatic heterocycles. The molecule has 1 aromatic rings. The molecular formula is C21H30N4O3. The highest BCUT2D eigenvalue weighted by Crippen LogP contribution is 2.22. The van der Waals surface area contributed by atoms with Crippen molar-refractivity contribution in [2.24, 2.45) is 17.6 Å². The summed E-state index contributed by atoms with van der Waals surface area (Å²) in [6.45, 7) is 5.24. The van der Waals surface area contributed by atoms with E-state index in [-0.39, 0.29) is 29.6 Å². The van der Waals surface area contributed by atoms with Gasteiger partial charge in [0.25, 0.3) is 0 Å². The first kappa shape index (κ1) is 20.3. The van der Waals surface area contributed by atoms with Crippen LogP contribution in [0.3, 0.4) is 0 Å². The van der Waals surface area contributed by atoms with E-state index >= 15 is 0 Å². The van der Waals surface area contributed by atoms with Gasteiger partial charge in [-0.2, -0.15) is 0 Å². The van der Waals surface area contributed by atoms with Gasteiger partial charge in [0.1, 0.15) is 0 Å². The quantitative estimate of drug-likeness (QED) is 0.803. The number of carbonyl (C=O) groups excluding carboxylic acids is 3.